The molecule has 0 saturated heterocycles. The Bertz CT molecular complexity index is 278. The highest BCUT2D eigenvalue weighted by Crippen LogP contribution is 2.30. The van der Waals surface area contributed by atoms with Gasteiger partial charge in [-0.1, -0.05) is 26.7 Å². The van der Waals surface area contributed by atoms with Crippen LogP contribution in [0.1, 0.15) is 52.4 Å². The maximum atomic E-state index is 12.2. The summed E-state index contributed by atoms with van der Waals surface area (Å²) in [4.78, 5) is 16.9. The molecule has 1 rings (SSSR count). The first-order valence-electron chi connectivity index (χ1n) is 8.46. The zero-order chi connectivity index (χ0) is 15.0. The predicted octanol–water partition coefficient (Wildman–Crippen LogP) is 3.05. The first kappa shape index (κ1) is 17.6. The topological polar surface area (TPSA) is 23.6 Å². The molecule has 0 aliphatic heterocycles. The molecule has 1 aliphatic carbocycles. The van der Waals surface area contributed by atoms with Crippen LogP contribution < -0.4 is 0 Å². The minimum Gasteiger partial charge on any atom is -0.308 e. The Morgan fingerprint density at radius 2 is 1.85 bits per heavy atom. The molecule has 0 bridgehead atoms. The van der Waals surface area contributed by atoms with Gasteiger partial charge in [0.15, 0.2) is 0 Å². The Labute approximate surface area is 125 Å². The lowest BCUT2D eigenvalue weighted by atomic mass is 9.78. The molecule has 1 fully saturated rings. The second-order valence-corrected chi connectivity index (χ2v) is 6.70. The van der Waals surface area contributed by atoms with Gasteiger partial charge < -0.3 is 9.80 Å². The highest BCUT2D eigenvalue weighted by atomic mass is 16.1. The molecule has 0 amide bonds. The van der Waals surface area contributed by atoms with Crippen molar-refractivity contribution in [3.8, 4) is 0 Å². The highest BCUT2D eigenvalue weighted by Gasteiger charge is 2.29. The van der Waals surface area contributed by atoms with E-state index < -0.39 is 0 Å². The van der Waals surface area contributed by atoms with Crippen LogP contribution in [0.2, 0.25) is 0 Å². The average Bonchev–Trinajstić information content (AvgIpc) is 2.40. The van der Waals surface area contributed by atoms with Gasteiger partial charge >= 0.3 is 0 Å². The Kier molecular flexibility index (Phi) is 8.39. The largest absolute Gasteiger partial charge is 0.308 e. The van der Waals surface area contributed by atoms with Gasteiger partial charge in [-0.2, -0.15) is 0 Å². The van der Waals surface area contributed by atoms with E-state index in [4.69, 9.17) is 0 Å². The van der Waals surface area contributed by atoms with Crippen LogP contribution in [0, 0.1) is 11.8 Å². The van der Waals surface area contributed by atoms with Crippen LogP contribution in [0.5, 0.6) is 0 Å². The molecule has 118 valence electrons. The highest BCUT2D eigenvalue weighted by molar-refractivity contribution is 5.81. The number of ketones is 1. The van der Waals surface area contributed by atoms with Crippen LogP contribution in [-0.2, 0) is 4.79 Å². The molecule has 20 heavy (non-hydrogen) atoms. The summed E-state index contributed by atoms with van der Waals surface area (Å²) in [6.07, 6.45) is 6.82. The molecule has 0 aromatic heterocycles. The van der Waals surface area contributed by atoms with Crippen molar-refractivity contribution < 1.29 is 4.79 Å². The monoisotopic (exact) mass is 282 g/mol. The summed E-state index contributed by atoms with van der Waals surface area (Å²) in [5.74, 6) is 1.61. The first-order chi connectivity index (χ1) is 9.56. The molecule has 1 aliphatic rings. The molecule has 0 aromatic rings. The summed E-state index contributed by atoms with van der Waals surface area (Å²) in [5, 5.41) is 0. The van der Waals surface area contributed by atoms with E-state index in [-0.39, 0.29) is 0 Å². The summed E-state index contributed by atoms with van der Waals surface area (Å²) in [5.41, 5.74) is 0. The van der Waals surface area contributed by atoms with Gasteiger partial charge in [-0.3, -0.25) is 4.79 Å². The second-order valence-electron chi connectivity index (χ2n) is 6.70. The number of carbonyl (C=O) groups excluding carboxylic acids is 1. The van der Waals surface area contributed by atoms with Crippen molar-refractivity contribution in [2.45, 2.75) is 52.4 Å². The van der Waals surface area contributed by atoms with Crippen LogP contribution in [0.15, 0.2) is 0 Å². The Hall–Kier alpha value is -0.410. The van der Waals surface area contributed by atoms with E-state index in [9.17, 15) is 4.79 Å². The lowest BCUT2D eigenvalue weighted by Gasteiger charge is -2.32. The third kappa shape index (κ3) is 6.36. The normalized spacial score (nSPS) is 23.8. The molecule has 0 N–H and O–H groups in total. The predicted molar refractivity (Wildman–Crippen MR) is 86.0 cm³/mol. The van der Waals surface area contributed by atoms with E-state index in [2.05, 4.69) is 37.7 Å². The number of likely N-dealkylation sites (N-methyl/N-ethyl adjacent to an activating group) is 1. The van der Waals surface area contributed by atoms with Gasteiger partial charge in [-0.25, -0.2) is 0 Å². The Morgan fingerprint density at radius 3 is 2.45 bits per heavy atom. The summed E-state index contributed by atoms with van der Waals surface area (Å²) in [6, 6.07) is 0. The molecule has 2 unspecified atom stereocenters. The number of hydrogen-bond acceptors (Lipinski definition) is 3. The van der Waals surface area contributed by atoms with Crippen molar-refractivity contribution in [3.63, 3.8) is 0 Å². The summed E-state index contributed by atoms with van der Waals surface area (Å²) >= 11 is 0. The SMILES string of the molecule is CCCC1CCC(=O)C(CN(CCC)CCN(C)C)C1. The molecule has 1 saturated carbocycles. The van der Waals surface area contributed by atoms with E-state index in [0.717, 1.165) is 51.4 Å². The molecular weight excluding hydrogens is 248 g/mol. The van der Waals surface area contributed by atoms with Gasteiger partial charge in [-0.15, -0.1) is 0 Å². The number of Topliss-reactive ketones (excluding diaryl/α,β-unsaturated/α-hetero) is 1. The lowest BCUT2D eigenvalue weighted by molar-refractivity contribution is -0.126. The quantitative estimate of drug-likeness (QED) is 0.649. The summed E-state index contributed by atoms with van der Waals surface area (Å²) in [6.45, 7) is 8.76. The number of carbonyl (C=O) groups is 1. The second kappa shape index (κ2) is 9.51. The molecular formula is C17H34N2O. The Balaban J connectivity index is 2.48. The van der Waals surface area contributed by atoms with Gasteiger partial charge in [-0.05, 0) is 45.8 Å². The first-order valence-corrected chi connectivity index (χ1v) is 8.46. The van der Waals surface area contributed by atoms with Crippen molar-refractivity contribution in [1.82, 2.24) is 9.80 Å². The Morgan fingerprint density at radius 1 is 1.10 bits per heavy atom. The average molecular weight is 282 g/mol. The van der Waals surface area contributed by atoms with E-state index >= 15 is 0 Å². The van der Waals surface area contributed by atoms with Crippen molar-refractivity contribution >= 4 is 5.78 Å². The van der Waals surface area contributed by atoms with Crippen molar-refractivity contribution in [2.24, 2.45) is 11.8 Å². The molecule has 2 atom stereocenters. The van der Waals surface area contributed by atoms with Crippen molar-refractivity contribution in [2.75, 3.05) is 40.3 Å². The molecule has 3 nitrogen and oxygen atoms in total. The number of rotatable bonds is 9. The van der Waals surface area contributed by atoms with E-state index in [1.54, 1.807) is 0 Å². The standard InChI is InChI=1S/C17H34N2O/c1-5-7-15-8-9-17(20)16(13-15)14-19(10-6-2)12-11-18(3)4/h15-16H,5-14H2,1-4H3. The number of hydrogen-bond donors (Lipinski definition) is 0. The number of nitrogens with zero attached hydrogens (tertiary/aromatic N) is 2. The van der Waals surface area contributed by atoms with Gasteiger partial charge in [0.1, 0.15) is 5.78 Å². The molecule has 0 heterocycles. The lowest BCUT2D eigenvalue weighted by Crippen LogP contribution is -2.40. The van der Waals surface area contributed by atoms with E-state index in [0.29, 0.717) is 11.7 Å². The van der Waals surface area contributed by atoms with Crippen molar-refractivity contribution in [1.29, 1.82) is 0 Å². The zero-order valence-corrected chi connectivity index (χ0v) is 14.0. The fourth-order valence-electron chi connectivity index (χ4n) is 3.31. The smallest absolute Gasteiger partial charge is 0.137 e. The third-order valence-corrected chi connectivity index (χ3v) is 4.45. The van der Waals surface area contributed by atoms with Gasteiger partial charge in [0, 0.05) is 32.0 Å². The summed E-state index contributed by atoms with van der Waals surface area (Å²) < 4.78 is 0. The molecule has 3 heteroatoms. The molecule has 0 spiro atoms. The minimum absolute atomic E-state index is 0.300. The maximum absolute atomic E-state index is 12.2. The van der Waals surface area contributed by atoms with Crippen molar-refractivity contribution in [3.05, 3.63) is 0 Å². The zero-order valence-electron chi connectivity index (χ0n) is 14.0. The maximum Gasteiger partial charge on any atom is 0.137 e. The van der Waals surface area contributed by atoms with Crippen LogP contribution >= 0.6 is 0 Å². The van der Waals surface area contributed by atoms with Crippen LogP contribution in [0.4, 0.5) is 0 Å². The van der Waals surface area contributed by atoms with Gasteiger partial charge in [0.25, 0.3) is 0 Å². The molecule has 0 radical (unpaired) electrons. The third-order valence-electron chi connectivity index (χ3n) is 4.45. The van der Waals surface area contributed by atoms with E-state index in [1.807, 2.05) is 0 Å². The van der Waals surface area contributed by atoms with Gasteiger partial charge in [0.05, 0.1) is 0 Å². The fraction of sp³-hybridized carbons (Fsp3) is 0.941. The van der Waals surface area contributed by atoms with Crippen LogP contribution in [0.3, 0.4) is 0 Å². The van der Waals surface area contributed by atoms with Crippen LogP contribution in [0.25, 0.3) is 0 Å². The van der Waals surface area contributed by atoms with Gasteiger partial charge in [0.2, 0.25) is 0 Å². The minimum atomic E-state index is 0.300. The fourth-order valence-corrected chi connectivity index (χ4v) is 3.31. The summed E-state index contributed by atoms with van der Waals surface area (Å²) in [7, 11) is 4.24. The molecule has 0 aromatic carbocycles. The van der Waals surface area contributed by atoms with E-state index in [1.165, 1.54) is 19.3 Å². The van der Waals surface area contributed by atoms with Crippen LogP contribution in [-0.4, -0.2) is 55.9 Å².